The molecule has 2 unspecified atom stereocenters. The van der Waals surface area contributed by atoms with Crippen molar-refractivity contribution in [3.05, 3.63) is 29.6 Å². The molecule has 0 bridgehead atoms. The second-order valence-electron chi connectivity index (χ2n) is 7.56. The highest BCUT2D eigenvalue weighted by Crippen LogP contribution is 2.34. The summed E-state index contributed by atoms with van der Waals surface area (Å²) in [5, 5.41) is 2.32. The van der Waals surface area contributed by atoms with Crippen LogP contribution < -0.4 is 5.32 Å². The van der Waals surface area contributed by atoms with Gasteiger partial charge in [0.25, 0.3) is 0 Å². The number of rotatable bonds is 5. The molecule has 0 saturated carbocycles. The molecule has 1 fully saturated rings. The minimum absolute atomic E-state index is 0.0499. The van der Waals surface area contributed by atoms with Crippen LogP contribution >= 0.6 is 0 Å². The number of likely N-dealkylation sites (tertiary alicyclic amines) is 1. The van der Waals surface area contributed by atoms with Gasteiger partial charge in [-0.15, -0.1) is 0 Å². The monoisotopic (exact) mass is 414 g/mol. The van der Waals surface area contributed by atoms with Gasteiger partial charge in [-0.25, -0.2) is 9.18 Å². The van der Waals surface area contributed by atoms with Crippen LogP contribution in [0.25, 0.3) is 0 Å². The number of benzene rings is 1. The van der Waals surface area contributed by atoms with Crippen molar-refractivity contribution in [2.24, 2.45) is 10.9 Å². The number of amides is 2. The van der Waals surface area contributed by atoms with Gasteiger partial charge < -0.3 is 15.1 Å². The summed E-state index contributed by atoms with van der Waals surface area (Å²) in [4.78, 5) is 20.8. The number of carbonyl (C=O) groups excluding carboxylic acids is 1. The van der Waals surface area contributed by atoms with E-state index in [1.807, 2.05) is 13.1 Å². The Bertz CT molecular complexity index is 752. The number of carbonyl (C=O) groups is 1. The maximum Gasteiger partial charge on any atom is 0.419 e. The van der Waals surface area contributed by atoms with Crippen molar-refractivity contribution in [3.8, 4) is 0 Å². The Morgan fingerprint density at radius 1 is 1.34 bits per heavy atom. The van der Waals surface area contributed by atoms with E-state index in [1.165, 1.54) is 0 Å². The Morgan fingerprint density at radius 3 is 2.79 bits per heavy atom. The maximum absolute atomic E-state index is 14.2. The lowest BCUT2D eigenvalue weighted by Crippen LogP contribution is -2.44. The van der Waals surface area contributed by atoms with E-state index >= 15 is 0 Å². The van der Waals surface area contributed by atoms with Crippen molar-refractivity contribution in [2.75, 3.05) is 38.0 Å². The molecule has 1 aromatic carbocycles. The van der Waals surface area contributed by atoms with Gasteiger partial charge in [0.2, 0.25) is 0 Å². The van der Waals surface area contributed by atoms with Crippen molar-refractivity contribution in [3.63, 3.8) is 0 Å². The van der Waals surface area contributed by atoms with E-state index in [1.54, 1.807) is 4.90 Å². The van der Waals surface area contributed by atoms with Crippen LogP contribution in [0.2, 0.25) is 0 Å². The fraction of sp³-hybridized carbons (Fsp3) is 0.600. The minimum Gasteiger partial charge on any atom is -0.320 e. The molecule has 2 atom stereocenters. The van der Waals surface area contributed by atoms with Crippen LogP contribution in [-0.2, 0) is 6.18 Å². The molecule has 0 aromatic heterocycles. The SMILES string of the molecule is CCN(C(=O)Nc1cccc(C(F)(F)F)c1F)C1CCN(CC2CC=NCC2)C1. The summed E-state index contributed by atoms with van der Waals surface area (Å²) in [5.41, 5.74) is -1.85. The summed E-state index contributed by atoms with van der Waals surface area (Å²) < 4.78 is 52.9. The fourth-order valence-electron chi connectivity index (χ4n) is 4.06. The minimum atomic E-state index is -4.81. The molecule has 3 rings (SSSR count). The highest BCUT2D eigenvalue weighted by molar-refractivity contribution is 5.89. The van der Waals surface area contributed by atoms with E-state index < -0.39 is 29.3 Å². The third-order valence-corrected chi connectivity index (χ3v) is 5.59. The van der Waals surface area contributed by atoms with E-state index in [-0.39, 0.29) is 6.04 Å². The zero-order chi connectivity index (χ0) is 21.0. The third-order valence-electron chi connectivity index (χ3n) is 5.59. The quantitative estimate of drug-likeness (QED) is 0.733. The van der Waals surface area contributed by atoms with Crippen LogP contribution in [-0.4, -0.2) is 60.8 Å². The number of hydrogen-bond donors (Lipinski definition) is 1. The molecular weight excluding hydrogens is 388 g/mol. The highest BCUT2D eigenvalue weighted by atomic mass is 19.4. The van der Waals surface area contributed by atoms with Crippen molar-refractivity contribution < 1.29 is 22.4 Å². The zero-order valence-corrected chi connectivity index (χ0v) is 16.4. The average molecular weight is 414 g/mol. The number of nitrogens with zero attached hydrogens (tertiary/aromatic N) is 3. The van der Waals surface area contributed by atoms with Gasteiger partial charge in [-0.1, -0.05) is 6.07 Å². The smallest absolute Gasteiger partial charge is 0.320 e. The Labute approximate surface area is 167 Å². The zero-order valence-electron chi connectivity index (χ0n) is 16.4. The molecule has 2 aliphatic rings. The Hall–Kier alpha value is -2.16. The standard InChI is InChI=1S/C20H26F4N4O/c1-2-28(15-8-11-27(13-15)12-14-6-9-25-10-7-14)19(29)26-17-5-3-4-16(18(17)21)20(22,23)24/h3-5,9,14-15H,2,6-8,10-13H2,1H3,(H,26,29). The molecule has 0 aliphatic carbocycles. The third kappa shape index (κ3) is 5.26. The first-order valence-corrected chi connectivity index (χ1v) is 9.93. The van der Waals surface area contributed by atoms with Crippen molar-refractivity contribution in [2.45, 2.75) is 38.4 Å². The number of likely N-dealkylation sites (N-methyl/N-ethyl adjacent to an activating group) is 1. The molecule has 2 amide bonds. The number of urea groups is 1. The van der Waals surface area contributed by atoms with Crippen LogP contribution in [0.4, 0.5) is 28.0 Å². The number of nitrogens with one attached hydrogen (secondary N) is 1. The Kier molecular flexibility index (Phi) is 6.77. The number of anilines is 1. The number of aliphatic imine (C=N–C) groups is 1. The van der Waals surface area contributed by atoms with Crippen molar-refractivity contribution >= 4 is 17.9 Å². The van der Waals surface area contributed by atoms with Gasteiger partial charge in [0.1, 0.15) is 0 Å². The molecule has 160 valence electrons. The first kappa shape index (κ1) is 21.5. The maximum atomic E-state index is 14.2. The molecule has 1 aromatic rings. The van der Waals surface area contributed by atoms with Gasteiger partial charge in [-0.3, -0.25) is 4.99 Å². The van der Waals surface area contributed by atoms with E-state index in [4.69, 9.17) is 0 Å². The average Bonchev–Trinajstić information content (AvgIpc) is 3.12. The predicted octanol–water partition coefficient (Wildman–Crippen LogP) is 4.25. The van der Waals surface area contributed by atoms with Gasteiger partial charge in [0.15, 0.2) is 5.82 Å². The summed E-state index contributed by atoms with van der Waals surface area (Å²) in [6, 6.07) is 2.26. The lowest BCUT2D eigenvalue weighted by Gasteiger charge is -2.29. The molecule has 5 nitrogen and oxygen atoms in total. The van der Waals surface area contributed by atoms with Crippen molar-refractivity contribution in [1.29, 1.82) is 0 Å². The summed E-state index contributed by atoms with van der Waals surface area (Å²) in [5.74, 6) is -0.897. The molecular formula is C20H26F4N4O. The van der Waals surface area contributed by atoms with Gasteiger partial charge in [-0.2, -0.15) is 13.2 Å². The Balaban J connectivity index is 1.62. The van der Waals surface area contributed by atoms with Gasteiger partial charge in [0, 0.05) is 38.8 Å². The van der Waals surface area contributed by atoms with Gasteiger partial charge >= 0.3 is 12.2 Å². The molecule has 1 saturated heterocycles. The Morgan fingerprint density at radius 2 is 2.14 bits per heavy atom. The van der Waals surface area contributed by atoms with Crippen LogP contribution in [0.3, 0.4) is 0 Å². The summed E-state index contributed by atoms with van der Waals surface area (Å²) >= 11 is 0. The molecule has 2 aliphatic heterocycles. The lowest BCUT2D eigenvalue weighted by molar-refractivity contribution is -0.139. The first-order valence-electron chi connectivity index (χ1n) is 9.93. The van der Waals surface area contributed by atoms with Crippen LogP contribution in [0.15, 0.2) is 23.2 Å². The molecule has 29 heavy (non-hydrogen) atoms. The fourth-order valence-corrected chi connectivity index (χ4v) is 4.06. The lowest BCUT2D eigenvalue weighted by atomic mass is 9.99. The van der Waals surface area contributed by atoms with Gasteiger partial charge in [-0.05, 0) is 50.5 Å². The molecule has 2 heterocycles. The molecule has 9 heteroatoms. The van der Waals surface area contributed by atoms with E-state index in [0.717, 1.165) is 51.0 Å². The van der Waals surface area contributed by atoms with Crippen LogP contribution in [0.5, 0.6) is 0 Å². The number of hydrogen-bond acceptors (Lipinski definition) is 3. The summed E-state index contributed by atoms with van der Waals surface area (Å²) in [6.45, 7) is 5.57. The largest absolute Gasteiger partial charge is 0.419 e. The van der Waals surface area contributed by atoms with E-state index in [9.17, 15) is 22.4 Å². The summed E-state index contributed by atoms with van der Waals surface area (Å²) in [7, 11) is 0. The topological polar surface area (TPSA) is 47.9 Å². The van der Waals surface area contributed by atoms with Crippen LogP contribution in [0, 0.1) is 11.7 Å². The van der Waals surface area contributed by atoms with Crippen molar-refractivity contribution in [1.82, 2.24) is 9.80 Å². The molecule has 0 radical (unpaired) electrons. The highest BCUT2D eigenvalue weighted by Gasteiger charge is 2.36. The van der Waals surface area contributed by atoms with E-state index in [2.05, 4.69) is 15.2 Å². The second-order valence-corrected chi connectivity index (χ2v) is 7.56. The molecule has 0 spiro atoms. The molecule has 1 N–H and O–H groups in total. The van der Waals surface area contributed by atoms with E-state index in [0.29, 0.717) is 25.1 Å². The predicted molar refractivity (Wildman–Crippen MR) is 104 cm³/mol. The van der Waals surface area contributed by atoms with Gasteiger partial charge in [0.05, 0.1) is 11.3 Å². The normalized spacial score (nSPS) is 22.7. The second kappa shape index (κ2) is 9.11. The number of alkyl halides is 3. The van der Waals surface area contributed by atoms with Crippen LogP contribution in [0.1, 0.15) is 31.7 Å². The first-order chi connectivity index (χ1) is 13.8. The number of halogens is 4. The summed E-state index contributed by atoms with van der Waals surface area (Å²) in [6.07, 6.45) is -0.0340.